The molecule has 1 aliphatic carbocycles. The minimum absolute atomic E-state index is 0.129. The van der Waals surface area contributed by atoms with Crippen molar-refractivity contribution in [1.29, 1.82) is 0 Å². The number of fused-ring (bicyclic) bond motifs is 2. The van der Waals surface area contributed by atoms with E-state index >= 15 is 0 Å². The lowest BCUT2D eigenvalue weighted by molar-refractivity contribution is -0.137. The number of carbonyl (C=O) groups is 2. The van der Waals surface area contributed by atoms with Crippen LogP contribution in [0.15, 0.2) is 22.7 Å². The number of carbonyl (C=O) groups excluding carboxylic acids is 1. The van der Waals surface area contributed by atoms with Crippen molar-refractivity contribution < 1.29 is 19.1 Å². The van der Waals surface area contributed by atoms with E-state index in [4.69, 9.17) is 5.11 Å². The molecule has 1 heterocycles. The fraction of sp³-hybridized carbons (Fsp3) is 0.429. The molecule has 2 aliphatic rings. The molecule has 1 spiro atoms. The molecule has 0 bridgehead atoms. The Bertz CT molecular complexity index is 610. The van der Waals surface area contributed by atoms with Gasteiger partial charge in [-0.2, -0.15) is 0 Å². The van der Waals surface area contributed by atoms with Gasteiger partial charge in [0.25, 0.3) is 5.91 Å². The number of hydrogen-bond acceptors (Lipinski definition) is 2. The third-order valence-electron chi connectivity index (χ3n) is 4.41. The second-order valence-electron chi connectivity index (χ2n) is 5.48. The minimum atomic E-state index is -1.09. The Morgan fingerprint density at radius 2 is 2.25 bits per heavy atom. The summed E-state index contributed by atoms with van der Waals surface area (Å²) < 4.78 is 15.0. The highest BCUT2D eigenvalue weighted by Crippen LogP contribution is 2.59. The average Bonchev–Trinajstić information content (AvgIpc) is 2.89. The highest BCUT2D eigenvalue weighted by Gasteiger charge is 2.67. The Hall–Kier alpha value is -1.43. The fourth-order valence-electron chi connectivity index (χ4n) is 3.22. The van der Waals surface area contributed by atoms with Crippen LogP contribution in [0.1, 0.15) is 22.8 Å². The number of carboxylic acid groups (broad SMARTS) is 1. The van der Waals surface area contributed by atoms with E-state index in [-0.39, 0.29) is 18.4 Å². The number of alkyl halides is 1. The molecule has 1 aromatic carbocycles. The monoisotopic (exact) mass is 341 g/mol. The van der Waals surface area contributed by atoms with Gasteiger partial charge in [0.2, 0.25) is 0 Å². The van der Waals surface area contributed by atoms with Crippen molar-refractivity contribution >= 4 is 27.8 Å². The molecular formula is C14H13BrFNO3. The second kappa shape index (κ2) is 4.28. The highest BCUT2D eigenvalue weighted by molar-refractivity contribution is 9.10. The summed E-state index contributed by atoms with van der Waals surface area (Å²) >= 11 is 3.34. The molecule has 0 radical (unpaired) electrons. The molecule has 106 valence electrons. The molecule has 0 saturated heterocycles. The second-order valence-corrected chi connectivity index (χ2v) is 6.39. The Labute approximate surface area is 123 Å². The van der Waals surface area contributed by atoms with Crippen molar-refractivity contribution in [2.75, 3.05) is 13.1 Å². The lowest BCUT2D eigenvalue weighted by Gasteiger charge is -2.34. The van der Waals surface area contributed by atoms with Gasteiger partial charge in [-0.3, -0.25) is 9.59 Å². The predicted octanol–water partition coefficient (Wildman–Crippen LogP) is 2.22. The predicted molar refractivity (Wildman–Crippen MR) is 73.4 cm³/mol. The number of rotatable bonds is 2. The van der Waals surface area contributed by atoms with Gasteiger partial charge in [0, 0.05) is 22.5 Å². The molecule has 1 aliphatic heterocycles. The average molecular weight is 342 g/mol. The molecule has 3 rings (SSSR count). The highest BCUT2D eigenvalue weighted by atomic mass is 79.9. The summed E-state index contributed by atoms with van der Waals surface area (Å²) in [5.74, 6) is -1.63. The SMILES string of the molecule is C[C@@H]1[C@H](F)[C@]12CN(CC(=O)O)C(=O)c1ccc(Br)cc12. The van der Waals surface area contributed by atoms with Crippen molar-refractivity contribution in [3.8, 4) is 0 Å². The number of aliphatic carboxylic acids is 1. The number of nitrogens with zero attached hydrogens (tertiary/aromatic N) is 1. The summed E-state index contributed by atoms with van der Waals surface area (Å²) in [6.07, 6.45) is -1.04. The molecule has 1 aromatic rings. The van der Waals surface area contributed by atoms with Crippen LogP contribution in [0, 0.1) is 5.92 Å². The van der Waals surface area contributed by atoms with E-state index in [1.54, 1.807) is 25.1 Å². The summed E-state index contributed by atoms with van der Waals surface area (Å²) in [5, 5.41) is 8.90. The molecule has 0 aromatic heterocycles. The van der Waals surface area contributed by atoms with Crippen molar-refractivity contribution in [1.82, 2.24) is 4.90 Å². The van der Waals surface area contributed by atoms with Gasteiger partial charge in [-0.05, 0) is 23.8 Å². The van der Waals surface area contributed by atoms with Crippen molar-refractivity contribution in [2.45, 2.75) is 18.5 Å². The van der Waals surface area contributed by atoms with E-state index in [9.17, 15) is 14.0 Å². The van der Waals surface area contributed by atoms with Crippen LogP contribution in [0.25, 0.3) is 0 Å². The molecule has 20 heavy (non-hydrogen) atoms. The Kier molecular flexibility index (Phi) is 2.90. The summed E-state index contributed by atoms with van der Waals surface area (Å²) in [5.41, 5.74) is 0.355. The Morgan fingerprint density at radius 1 is 1.60 bits per heavy atom. The lowest BCUT2D eigenvalue weighted by atomic mass is 9.84. The summed E-state index contributed by atoms with van der Waals surface area (Å²) in [6.45, 7) is 1.53. The molecule has 1 fully saturated rings. The van der Waals surface area contributed by atoms with Crippen LogP contribution in [-0.4, -0.2) is 41.1 Å². The summed E-state index contributed by atoms with van der Waals surface area (Å²) in [4.78, 5) is 24.4. The Morgan fingerprint density at radius 3 is 2.80 bits per heavy atom. The fourth-order valence-corrected chi connectivity index (χ4v) is 3.58. The first-order valence-electron chi connectivity index (χ1n) is 6.33. The zero-order valence-corrected chi connectivity index (χ0v) is 12.4. The third-order valence-corrected chi connectivity index (χ3v) is 4.91. The molecule has 1 amide bonds. The van der Waals surface area contributed by atoms with Crippen molar-refractivity contribution in [3.63, 3.8) is 0 Å². The Balaban J connectivity index is 2.10. The number of amides is 1. The quantitative estimate of drug-likeness (QED) is 0.897. The molecule has 6 heteroatoms. The van der Waals surface area contributed by atoms with Crippen LogP contribution in [0.3, 0.4) is 0 Å². The van der Waals surface area contributed by atoms with Gasteiger partial charge < -0.3 is 10.0 Å². The first-order chi connectivity index (χ1) is 9.37. The number of carboxylic acids is 1. The number of hydrogen-bond donors (Lipinski definition) is 1. The summed E-state index contributed by atoms with van der Waals surface area (Å²) in [7, 11) is 0. The van der Waals surface area contributed by atoms with Crippen LogP contribution in [0.5, 0.6) is 0 Å². The number of benzene rings is 1. The first-order valence-corrected chi connectivity index (χ1v) is 7.12. The lowest BCUT2D eigenvalue weighted by Crippen LogP contribution is -2.47. The van der Waals surface area contributed by atoms with E-state index in [1.165, 1.54) is 4.90 Å². The van der Waals surface area contributed by atoms with E-state index in [0.717, 1.165) is 4.47 Å². The first kappa shape index (κ1) is 13.5. The standard InChI is InChI=1S/C14H13BrFNO3/c1-7-12(16)14(7)6-17(5-11(18)19)13(20)9-3-2-8(15)4-10(9)14/h2-4,7,12H,5-6H2,1H3,(H,18,19)/t7-,12+,14-/m1/s1. The van der Waals surface area contributed by atoms with Crippen LogP contribution in [0.2, 0.25) is 0 Å². The van der Waals surface area contributed by atoms with E-state index in [1.807, 2.05) is 0 Å². The zero-order chi connectivity index (χ0) is 14.7. The maximum absolute atomic E-state index is 14.2. The third kappa shape index (κ3) is 1.70. The smallest absolute Gasteiger partial charge is 0.323 e. The topological polar surface area (TPSA) is 57.6 Å². The van der Waals surface area contributed by atoms with Gasteiger partial charge >= 0.3 is 5.97 Å². The maximum Gasteiger partial charge on any atom is 0.323 e. The van der Waals surface area contributed by atoms with Crippen molar-refractivity contribution in [3.05, 3.63) is 33.8 Å². The van der Waals surface area contributed by atoms with E-state index < -0.39 is 24.1 Å². The molecule has 3 atom stereocenters. The van der Waals surface area contributed by atoms with Crippen LogP contribution in [0.4, 0.5) is 4.39 Å². The molecule has 1 N–H and O–H groups in total. The molecule has 1 saturated carbocycles. The molecule has 4 nitrogen and oxygen atoms in total. The van der Waals surface area contributed by atoms with Gasteiger partial charge in [-0.1, -0.05) is 22.9 Å². The van der Waals surface area contributed by atoms with Gasteiger partial charge in [-0.15, -0.1) is 0 Å². The van der Waals surface area contributed by atoms with Crippen LogP contribution < -0.4 is 0 Å². The largest absolute Gasteiger partial charge is 0.480 e. The molecular weight excluding hydrogens is 329 g/mol. The minimum Gasteiger partial charge on any atom is -0.480 e. The zero-order valence-electron chi connectivity index (χ0n) is 10.8. The van der Waals surface area contributed by atoms with Crippen molar-refractivity contribution in [2.24, 2.45) is 5.92 Å². The maximum atomic E-state index is 14.2. The molecule has 0 unspecified atom stereocenters. The van der Waals surface area contributed by atoms with Crippen LogP contribution in [-0.2, 0) is 10.2 Å². The van der Waals surface area contributed by atoms with E-state index in [2.05, 4.69) is 15.9 Å². The summed E-state index contributed by atoms with van der Waals surface area (Å²) in [6, 6.07) is 5.13. The van der Waals surface area contributed by atoms with Gasteiger partial charge in [0.05, 0.1) is 5.41 Å². The normalized spacial score (nSPS) is 31.4. The van der Waals surface area contributed by atoms with Gasteiger partial charge in [0.1, 0.15) is 12.7 Å². The van der Waals surface area contributed by atoms with Gasteiger partial charge in [-0.25, -0.2) is 4.39 Å². The van der Waals surface area contributed by atoms with E-state index in [0.29, 0.717) is 11.1 Å². The number of halogens is 2. The van der Waals surface area contributed by atoms with Gasteiger partial charge in [0.15, 0.2) is 0 Å². The van der Waals surface area contributed by atoms with Crippen LogP contribution >= 0.6 is 15.9 Å².